The summed E-state index contributed by atoms with van der Waals surface area (Å²) in [5, 5.41) is 14.3. The number of nitrogens with zero attached hydrogens (tertiary/aromatic N) is 2. The summed E-state index contributed by atoms with van der Waals surface area (Å²) in [6.45, 7) is 18.2. The van der Waals surface area contributed by atoms with E-state index < -0.39 is 13.5 Å². The van der Waals surface area contributed by atoms with Crippen LogP contribution in [0.25, 0.3) is 55.2 Å². The molecule has 0 aliphatic carbocycles. The Bertz CT molecular complexity index is 2080. The van der Waals surface area contributed by atoms with Gasteiger partial charge in [0.25, 0.3) is 0 Å². The predicted molar refractivity (Wildman–Crippen MR) is 194 cm³/mol. The molecular weight excluding hydrogens is 777 g/mol. The topological polar surface area (TPSA) is 76.2 Å². The van der Waals surface area contributed by atoms with Crippen LogP contribution in [-0.2, 0) is 24.9 Å². The Hall–Kier alpha value is -3.90. The van der Waals surface area contributed by atoms with Gasteiger partial charge in [-0.1, -0.05) is 114 Å². The van der Waals surface area contributed by atoms with Crippen molar-refractivity contribution in [3.63, 3.8) is 0 Å². The fraction of sp³-hybridized carbons (Fsp3) is 0.275. The molecule has 6 rings (SSSR count). The number of carbonyl (C=O) groups excluding carboxylic acids is 1. The van der Waals surface area contributed by atoms with Crippen LogP contribution in [0.1, 0.15) is 41.5 Å². The van der Waals surface area contributed by atoms with Gasteiger partial charge >= 0.3 is 0 Å². The Labute approximate surface area is 292 Å². The van der Waals surface area contributed by atoms with Crippen LogP contribution in [0, 0.1) is 16.9 Å². The number of aliphatic hydroxyl groups is 1. The number of para-hydroxylation sites is 1. The molecule has 7 heteroatoms. The smallest absolute Gasteiger partial charge is 0.164 e. The maximum Gasteiger partial charge on any atom is 0.164 e. The van der Waals surface area contributed by atoms with E-state index in [-0.39, 0.29) is 37.1 Å². The van der Waals surface area contributed by atoms with Crippen molar-refractivity contribution in [2.24, 2.45) is 10.8 Å². The number of rotatable bonds is 4. The Kier molecular flexibility index (Phi) is 10.5. The fourth-order valence-corrected chi connectivity index (χ4v) is 6.19. The van der Waals surface area contributed by atoms with Gasteiger partial charge in [0, 0.05) is 60.2 Å². The fourth-order valence-electron chi connectivity index (χ4n) is 5.03. The molecule has 0 spiro atoms. The third-order valence-corrected chi connectivity index (χ3v) is 10.1. The Balaban J connectivity index is 0.000000307. The summed E-state index contributed by atoms with van der Waals surface area (Å²) >= 11 is 0. The van der Waals surface area contributed by atoms with Gasteiger partial charge in [0.15, 0.2) is 5.78 Å². The van der Waals surface area contributed by atoms with Gasteiger partial charge in [-0.3, -0.25) is 14.8 Å². The van der Waals surface area contributed by atoms with Gasteiger partial charge in [-0.15, -0.1) is 18.2 Å². The number of hydrogen-bond acceptors (Lipinski definition) is 5. The molecule has 0 atom stereocenters. The van der Waals surface area contributed by atoms with Crippen LogP contribution in [0.4, 0.5) is 0 Å². The van der Waals surface area contributed by atoms with Crippen molar-refractivity contribution in [3.05, 3.63) is 103 Å². The maximum absolute atomic E-state index is 11.5. The van der Waals surface area contributed by atoms with Gasteiger partial charge in [-0.25, -0.2) is 0 Å². The molecule has 0 unspecified atom stereocenters. The molecule has 1 N–H and O–H groups in total. The summed E-state index contributed by atoms with van der Waals surface area (Å²) in [5.41, 5.74) is 5.94. The largest absolute Gasteiger partial charge is 0.512 e. The van der Waals surface area contributed by atoms with Gasteiger partial charge in [0.1, 0.15) is 11.3 Å². The minimum absolute atomic E-state index is 0. The van der Waals surface area contributed by atoms with Crippen molar-refractivity contribution >= 4 is 51.9 Å². The van der Waals surface area contributed by atoms with Crippen LogP contribution in [0.2, 0.25) is 19.6 Å². The van der Waals surface area contributed by atoms with E-state index in [1.807, 2.05) is 78.2 Å². The SMILES string of the molecule is CC(C)(C)C(=O)/C=C(\O)C(C)(C)C.C[Si](C)(C)c1ccc2nc(-c3[c-]ccc4c3oc3ccccc34)cc(-c3ccncc3)c2c1.[Ir]. The predicted octanol–water partition coefficient (Wildman–Crippen LogP) is 10.3. The number of benzene rings is 3. The van der Waals surface area contributed by atoms with Crippen LogP contribution >= 0.6 is 0 Å². The third-order valence-electron chi connectivity index (χ3n) is 8.04. The number of carbonyl (C=O) groups is 1. The number of pyridine rings is 2. The Morgan fingerprint density at radius 3 is 2.17 bits per heavy atom. The minimum atomic E-state index is -1.47. The molecule has 0 aliphatic rings. The Morgan fingerprint density at radius 2 is 1.53 bits per heavy atom. The van der Waals surface area contributed by atoms with Gasteiger partial charge < -0.3 is 9.52 Å². The first-order chi connectivity index (χ1) is 21.5. The summed E-state index contributed by atoms with van der Waals surface area (Å²) in [6, 6.07) is 28.6. The third kappa shape index (κ3) is 7.98. The van der Waals surface area contributed by atoms with Crippen LogP contribution in [0.5, 0.6) is 0 Å². The summed E-state index contributed by atoms with van der Waals surface area (Å²) in [4.78, 5) is 20.8. The molecule has 0 aliphatic heterocycles. The number of furan rings is 1. The van der Waals surface area contributed by atoms with E-state index in [1.165, 1.54) is 16.6 Å². The zero-order valence-corrected chi connectivity index (χ0v) is 32.0. The maximum atomic E-state index is 11.5. The molecule has 0 fully saturated rings. The number of ketones is 1. The van der Waals surface area contributed by atoms with Gasteiger partial charge in [0.05, 0.1) is 19.2 Å². The van der Waals surface area contributed by atoms with Crippen molar-refractivity contribution in [1.82, 2.24) is 9.97 Å². The molecule has 6 aromatic rings. The van der Waals surface area contributed by atoms with Crippen molar-refractivity contribution < 1.29 is 34.4 Å². The van der Waals surface area contributed by atoms with Crippen molar-refractivity contribution in [2.45, 2.75) is 61.2 Å². The number of aromatic nitrogens is 2. The van der Waals surface area contributed by atoms with E-state index in [2.05, 4.69) is 79.2 Å². The second-order valence-corrected chi connectivity index (χ2v) is 19.9. The van der Waals surface area contributed by atoms with E-state index in [4.69, 9.17) is 9.40 Å². The molecule has 3 aromatic carbocycles. The molecule has 1 radical (unpaired) electrons. The molecule has 0 saturated heterocycles. The summed E-state index contributed by atoms with van der Waals surface area (Å²) < 4.78 is 6.28. The number of aliphatic hydroxyl groups excluding tert-OH is 1. The van der Waals surface area contributed by atoms with E-state index in [0.717, 1.165) is 49.8 Å². The molecule has 5 nitrogen and oxygen atoms in total. The van der Waals surface area contributed by atoms with Crippen LogP contribution in [0.3, 0.4) is 0 Å². The van der Waals surface area contributed by atoms with E-state index in [9.17, 15) is 9.90 Å². The first-order valence-electron chi connectivity index (χ1n) is 15.7. The second kappa shape index (κ2) is 13.7. The van der Waals surface area contributed by atoms with Crippen LogP contribution in [-0.4, -0.2) is 28.9 Å². The number of fused-ring (bicyclic) bond motifs is 4. The second-order valence-electron chi connectivity index (χ2n) is 14.9. The summed E-state index contributed by atoms with van der Waals surface area (Å²) in [7, 11) is -1.47. The number of hydrogen-bond donors (Lipinski definition) is 1. The zero-order valence-electron chi connectivity index (χ0n) is 28.7. The molecule has 245 valence electrons. The first kappa shape index (κ1) is 35.9. The van der Waals surface area contributed by atoms with Crippen LogP contribution in [0.15, 0.2) is 101 Å². The van der Waals surface area contributed by atoms with Gasteiger partial charge in [0.2, 0.25) is 0 Å². The molecule has 0 bridgehead atoms. The van der Waals surface area contributed by atoms with E-state index in [0.29, 0.717) is 0 Å². The van der Waals surface area contributed by atoms with Gasteiger partial charge in [-0.2, -0.15) is 0 Å². The molecule has 3 aromatic heterocycles. The van der Waals surface area contributed by atoms with Gasteiger partial charge in [-0.05, 0) is 41.1 Å². The van der Waals surface area contributed by atoms with Crippen molar-refractivity contribution in [2.75, 3.05) is 0 Å². The normalized spacial score (nSPS) is 12.5. The van der Waals surface area contributed by atoms with E-state index in [1.54, 1.807) is 0 Å². The molecule has 3 heterocycles. The van der Waals surface area contributed by atoms with Crippen molar-refractivity contribution in [3.8, 4) is 22.4 Å². The van der Waals surface area contributed by atoms with E-state index >= 15 is 0 Å². The molecule has 0 saturated carbocycles. The summed E-state index contributed by atoms with van der Waals surface area (Å²) in [5.74, 6) is 0.104. The average molecular weight is 820 g/mol. The Morgan fingerprint density at radius 1 is 0.851 bits per heavy atom. The first-order valence-corrected chi connectivity index (χ1v) is 19.2. The van der Waals surface area contributed by atoms with Crippen molar-refractivity contribution in [1.29, 1.82) is 0 Å². The monoisotopic (exact) mass is 820 g/mol. The molecule has 0 amide bonds. The zero-order chi connectivity index (χ0) is 33.4. The van der Waals surface area contributed by atoms with Crippen LogP contribution < -0.4 is 5.19 Å². The minimum Gasteiger partial charge on any atom is -0.512 e. The average Bonchev–Trinajstić information content (AvgIpc) is 3.38. The summed E-state index contributed by atoms with van der Waals surface area (Å²) in [6.07, 6.45) is 5.02. The molecular formula is C40H43IrN2O3Si-. The number of allylic oxidation sites excluding steroid dienone is 2. The quantitative estimate of drug-likeness (QED) is 0.0830. The molecule has 47 heavy (non-hydrogen) atoms. The standard InChI is InChI=1S/C29H23N2OSi.C11H20O2.Ir/c1-33(2,3)20-11-12-26-25(17-20)24(19-13-15-30-16-14-19)18-27(31-26)23-9-6-8-22-21-7-4-5-10-28(21)32-29(22)23;1-10(2,3)8(12)7-9(13)11(4,5)6;/h4-8,10-18H,1-3H3;7,12H,1-6H3;/q-1;;/b;8-7-;.